The highest BCUT2D eigenvalue weighted by Crippen LogP contribution is 2.30. The summed E-state index contributed by atoms with van der Waals surface area (Å²) in [5.41, 5.74) is 1.35. The minimum absolute atomic E-state index is 0.169. The average Bonchev–Trinajstić information content (AvgIpc) is 2.40. The standard InChI is InChI=1S/C14H13BrClNO3S/c1-9-3-6-14(11(15)7-9)21(18,19)17-10-4-5-12(16)13(8-10)20-2/h3-8,17H,1-2H3. The summed E-state index contributed by atoms with van der Waals surface area (Å²) in [5.74, 6) is 0.403. The molecule has 0 aliphatic carbocycles. The van der Waals surface area contributed by atoms with Crippen molar-refractivity contribution in [3.8, 4) is 5.75 Å². The van der Waals surface area contributed by atoms with Crippen LogP contribution in [0.4, 0.5) is 5.69 Å². The lowest BCUT2D eigenvalue weighted by molar-refractivity contribution is 0.415. The lowest BCUT2D eigenvalue weighted by Gasteiger charge is -2.11. The zero-order chi connectivity index (χ0) is 15.6. The largest absolute Gasteiger partial charge is 0.495 e. The molecule has 0 aliphatic rings. The Kier molecular flexibility index (Phi) is 4.81. The van der Waals surface area contributed by atoms with Crippen LogP contribution in [0.3, 0.4) is 0 Å². The molecule has 0 spiro atoms. The van der Waals surface area contributed by atoms with Gasteiger partial charge in [-0.25, -0.2) is 8.42 Å². The Labute approximate surface area is 137 Å². The number of ether oxygens (including phenoxy) is 1. The van der Waals surface area contributed by atoms with Crippen LogP contribution >= 0.6 is 27.5 Å². The van der Waals surface area contributed by atoms with Crippen LogP contribution in [0.25, 0.3) is 0 Å². The van der Waals surface area contributed by atoms with Gasteiger partial charge in [-0.2, -0.15) is 0 Å². The van der Waals surface area contributed by atoms with Crippen molar-refractivity contribution >= 4 is 43.2 Å². The Balaban J connectivity index is 2.37. The highest BCUT2D eigenvalue weighted by Gasteiger charge is 2.18. The van der Waals surface area contributed by atoms with Gasteiger partial charge >= 0.3 is 0 Å². The molecular formula is C14H13BrClNO3S. The SMILES string of the molecule is COc1cc(NS(=O)(=O)c2ccc(C)cc2Br)ccc1Cl. The number of methoxy groups -OCH3 is 1. The molecule has 112 valence electrons. The van der Waals surface area contributed by atoms with E-state index in [4.69, 9.17) is 16.3 Å². The van der Waals surface area contributed by atoms with Gasteiger partial charge in [0.15, 0.2) is 0 Å². The molecule has 4 nitrogen and oxygen atoms in total. The zero-order valence-corrected chi connectivity index (χ0v) is 14.5. The second kappa shape index (κ2) is 6.25. The first kappa shape index (κ1) is 16.1. The number of hydrogen-bond acceptors (Lipinski definition) is 3. The topological polar surface area (TPSA) is 55.4 Å². The summed E-state index contributed by atoms with van der Waals surface area (Å²) in [6.07, 6.45) is 0. The number of nitrogens with one attached hydrogen (secondary N) is 1. The molecule has 21 heavy (non-hydrogen) atoms. The van der Waals surface area contributed by atoms with E-state index in [1.54, 1.807) is 30.3 Å². The van der Waals surface area contributed by atoms with Crippen LogP contribution in [0.15, 0.2) is 45.8 Å². The van der Waals surface area contributed by atoms with Gasteiger partial charge in [0, 0.05) is 10.5 Å². The van der Waals surface area contributed by atoms with Crippen LogP contribution in [-0.4, -0.2) is 15.5 Å². The number of rotatable bonds is 4. The molecule has 0 heterocycles. The maximum Gasteiger partial charge on any atom is 0.263 e. The molecule has 2 aromatic rings. The van der Waals surface area contributed by atoms with Gasteiger partial charge in [-0.3, -0.25) is 4.72 Å². The zero-order valence-electron chi connectivity index (χ0n) is 11.4. The third kappa shape index (κ3) is 3.70. The van der Waals surface area contributed by atoms with Crippen molar-refractivity contribution in [2.24, 2.45) is 0 Å². The first-order valence-corrected chi connectivity index (χ1v) is 8.61. The van der Waals surface area contributed by atoms with Crippen molar-refractivity contribution in [2.45, 2.75) is 11.8 Å². The van der Waals surface area contributed by atoms with Crippen LogP contribution < -0.4 is 9.46 Å². The molecule has 0 fully saturated rings. The summed E-state index contributed by atoms with van der Waals surface area (Å²) in [6.45, 7) is 1.89. The van der Waals surface area contributed by atoms with E-state index in [2.05, 4.69) is 20.7 Å². The maximum atomic E-state index is 12.4. The number of hydrogen-bond donors (Lipinski definition) is 1. The predicted octanol–water partition coefficient (Wildman–Crippen LogP) is 4.22. The van der Waals surface area contributed by atoms with E-state index in [0.717, 1.165) is 5.56 Å². The molecule has 0 aliphatic heterocycles. The van der Waals surface area contributed by atoms with Crippen LogP contribution in [0.2, 0.25) is 5.02 Å². The molecule has 0 unspecified atom stereocenters. The van der Waals surface area contributed by atoms with E-state index in [1.807, 2.05) is 6.92 Å². The first-order chi connectivity index (χ1) is 9.83. The highest BCUT2D eigenvalue weighted by atomic mass is 79.9. The van der Waals surface area contributed by atoms with Crippen LogP contribution in [-0.2, 0) is 10.0 Å². The summed E-state index contributed by atoms with van der Waals surface area (Å²) in [5, 5.41) is 0.414. The molecule has 7 heteroatoms. The molecule has 0 bridgehead atoms. The molecular weight excluding hydrogens is 378 g/mol. The van der Waals surface area contributed by atoms with Gasteiger partial charge in [0.05, 0.1) is 17.8 Å². The smallest absolute Gasteiger partial charge is 0.263 e. The Hall–Kier alpha value is -1.24. The van der Waals surface area contributed by atoms with Crippen LogP contribution in [0.5, 0.6) is 5.75 Å². The van der Waals surface area contributed by atoms with Crippen molar-refractivity contribution < 1.29 is 13.2 Å². The van der Waals surface area contributed by atoms with Gasteiger partial charge in [0.25, 0.3) is 10.0 Å². The molecule has 2 rings (SSSR count). The van der Waals surface area contributed by atoms with Crippen molar-refractivity contribution in [1.82, 2.24) is 0 Å². The highest BCUT2D eigenvalue weighted by molar-refractivity contribution is 9.10. The molecule has 0 saturated carbocycles. The van der Waals surface area contributed by atoms with E-state index in [9.17, 15) is 8.42 Å². The Morgan fingerprint density at radius 2 is 1.90 bits per heavy atom. The number of aryl methyl sites for hydroxylation is 1. The minimum Gasteiger partial charge on any atom is -0.495 e. The third-order valence-corrected chi connectivity index (χ3v) is 5.45. The fourth-order valence-electron chi connectivity index (χ4n) is 1.76. The molecule has 0 amide bonds. The second-order valence-corrected chi connectivity index (χ2v) is 7.30. The lowest BCUT2D eigenvalue weighted by Crippen LogP contribution is -2.13. The average molecular weight is 391 g/mol. The molecule has 0 radical (unpaired) electrons. The second-order valence-electron chi connectivity index (χ2n) is 4.39. The summed E-state index contributed by atoms with van der Waals surface area (Å²) in [4.78, 5) is 0.169. The Morgan fingerprint density at radius 3 is 2.52 bits per heavy atom. The Bertz CT molecular complexity index is 778. The van der Waals surface area contributed by atoms with E-state index in [-0.39, 0.29) is 4.90 Å². The fourth-order valence-corrected chi connectivity index (χ4v) is 4.19. The van der Waals surface area contributed by atoms with Crippen molar-refractivity contribution in [3.63, 3.8) is 0 Å². The van der Waals surface area contributed by atoms with E-state index < -0.39 is 10.0 Å². The fraction of sp³-hybridized carbons (Fsp3) is 0.143. The molecule has 1 N–H and O–H groups in total. The predicted molar refractivity (Wildman–Crippen MR) is 87.7 cm³/mol. The molecule has 0 aromatic heterocycles. The van der Waals surface area contributed by atoms with Gasteiger partial charge in [-0.15, -0.1) is 0 Å². The minimum atomic E-state index is -3.69. The normalized spacial score (nSPS) is 11.2. The quantitative estimate of drug-likeness (QED) is 0.850. The van der Waals surface area contributed by atoms with E-state index in [0.29, 0.717) is 20.9 Å². The van der Waals surface area contributed by atoms with Gasteiger partial charge in [-0.1, -0.05) is 17.7 Å². The van der Waals surface area contributed by atoms with Gasteiger partial charge in [0.1, 0.15) is 10.6 Å². The summed E-state index contributed by atoms with van der Waals surface area (Å²) < 4.78 is 32.9. The van der Waals surface area contributed by atoms with Gasteiger partial charge in [0.2, 0.25) is 0 Å². The van der Waals surface area contributed by atoms with Crippen molar-refractivity contribution in [3.05, 3.63) is 51.5 Å². The molecule has 2 aromatic carbocycles. The van der Waals surface area contributed by atoms with Gasteiger partial charge in [-0.05, 0) is 52.7 Å². The van der Waals surface area contributed by atoms with E-state index in [1.165, 1.54) is 13.2 Å². The van der Waals surface area contributed by atoms with Gasteiger partial charge < -0.3 is 4.74 Å². The molecule has 0 atom stereocenters. The first-order valence-electron chi connectivity index (χ1n) is 5.96. The summed E-state index contributed by atoms with van der Waals surface area (Å²) in [6, 6.07) is 9.71. The number of halogens is 2. The van der Waals surface area contributed by atoms with E-state index >= 15 is 0 Å². The van der Waals surface area contributed by atoms with Crippen molar-refractivity contribution in [2.75, 3.05) is 11.8 Å². The van der Waals surface area contributed by atoms with Crippen LogP contribution in [0, 0.1) is 6.92 Å². The lowest BCUT2D eigenvalue weighted by atomic mass is 10.2. The summed E-state index contributed by atoms with van der Waals surface area (Å²) in [7, 11) is -2.23. The molecule has 0 saturated heterocycles. The number of anilines is 1. The van der Waals surface area contributed by atoms with Crippen LogP contribution in [0.1, 0.15) is 5.56 Å². The monoisotopic (exact) mass is 389 g/mol. The number of sulfonamides is 1. The third-order valence-electron chi connectivity index (χ3n) is 2.78. The summed E-state index contributed by atoms with van der Waals surface area (Å²) >= 11 is 9.19. The van der Waals surface area contributed by atoms with Crippen molar-refractivity contribution in [1.29, 1.82) is 0 Å². The Morgan fingerprint density at radius 1 is 1.19 bits per heavy atom. The maximum absolute atomic E-state index is 12.4. The number of benzene rings is 2.